The molecule has 8 nitrogen and oxygen atoms in total. The van der Waals surface area contributed by atoms with Gasteiger partial charge in [-0.3, -0.25) is 4.90 Å². The monoisotopic (exact) mass is 401 g/mol. The number of benzene rings is 1. The summed E-state index contributed by atoms with van der Waals surface area (Å²) in [5.74, 6) is 1.24. The largest absolute Gasteiger partial charge is 0.489 e. The quantitative estimate of drug-likeness (QED) is 0.243. The van der Waals surface area contributed by atoms with Crippen molar-refractivity contribution in [2.75, 3.05) is 40.4 Å². The number of nitrogens with zero attached hydrogens (tertiary/aromatic N) is 4. The number of ether oxygens (including phenoxy) is 3. The van der Waals surface area contributed by atoms with E-state index in [1.54, 1.807) is 14.2 Å². The van der Waals surface area contributed by atoms with Crippen LogP contribution in [0, 0.1) is 11.5 Å². The summed E-state index contributed by atoms with van der Waals surface area (Å²) in [4.78, 5) is 8.20. The second kappa shape index (κ2) is 10.4. The van der Waals surface area contributed by atoms with Crippen LogP contribution in [0.1, 0.15) is 24.8 Å². The van der Waals surface area contributed by atoms with Gasteiger partial charge < -0.3 is 19.9 Å². The molecule has 0 amide bonds. The van der Waals surface area contributed by atoms with Crippen LogP contribution in [0.4, 0.5) is 0 Å². The Morgan fingerprint density at radius 3 is 2.72 bits per heavy atom. The maximum absolute atomic E-state index is 9.57. The summed E-state index contributed by atoms with van der Waals surface area (Å²) in [6.45, 7) is 3.00. The minimum absolute atomic E-state index is 0.0662. The number of hydrogen-bond donors (Lipinski definition) is 1. The van der Waals surface area contributed by atoms with Crippen molar-refractivity contribution in [1.29, 1.82) is 5.26 Å². The Bertz CT molecular complexity index is 723. The van der Waals surface area contributed by atoms with Crippen LogP contribution in [-0.2, 0) is 15.9 Å². The van der Waals surface area contributed by atoms with E-state index in [4.69, 9.17) is 19.9 Å². The van der Waals surface area contributed by atoms with Gasteiger partial charge >= 0.3 is 0 Å². The molecule has 1 aromatic rings. The minimum Gasteiger partial charge on any atom is -0.489 e. The van der Waals surface area contributed by atoms with Crippen molar-refractivity contribution in [3.8, 4) is 11.9 Å². The fourth-order valence-corrected chi connectivity index (χ4v) is 3.97. The Kier molecular flexibility index (Phi) is 7.69. The van der Waals surface area contributed by atoms with E-state index < -0.39 is 6.29 Å². The number of methoxy groups -OCH3 is 2. The zero-order valence-corrected chi connectivity index (χ0v) is 17.3. The van der Waals surface area contributed by atoms with Gasteiger partial charge in [-0.2, -0.15) is 5.26 Å². The van der Waals surface area contributed by atoms with Gasteiger partial charge in [-0.15, -0.1) is 0 Å². The molecule has 1 atom stereocenters. The number of rotatable bonds is 7. The molecule has 0 aromatic heterocycles. The summed E-state index contributed by atoms with van der Waals surface area (Å²) in [5.41, 5.74) is 7.35. The van der Waals surface area contributed by atoms with Gasteiger partial charge in [0.15, 0.2) is 12.5 Å². The molecule has 29 heavy (non-hydrogen) atoms. The Morgan fingerprint density at radius 2 is 2.03 bits per heavy atom. The number of likely N-dealkylation sites (tertiary alicyclic amines) is 1. The average Bonchev–Trinajstić information content (AvgIpc) is 2.76. The van der Waals surface area contributed by atoms with Gasteiger partial charge in [-0.05, 0) is 37.3 Å². The molecule has 2 heterocycles. The molecule has 0 spiro atoms. The topological polar surface area (TPSA) is 96.3 Å². The number of fused-ring (bicyclic) bond motifs is 1. The van der Waals surface area contributed by atoms with E-state index in [1.165, 1.54) is 10.5 Å². The van der Waals surface area contributed by atoms with Crippen LogP contribution in [0.25, 0.3) is 0 Å². The van der Waals surface area contributed by atoms with Crippen LogP contribution in [0.2, 0.25) is 0 Å². The molecule has 1 unspecified atom stereocenters. The third-order valence-corrected chi connectivity index (χ3v) is 5.67. The average molecular weight is 402 g/mol. The first-order chi connectivity index (χ1) is 14.1. The lowest BCUT2D eigenvalue weighted by Gasteiger charge is -2.37. The van der Waals surface area contributed by atoms with Gasteiger partial charge in [0.25, 0.3) is 0 Å². The van der Waals surface area contributed by atoms with Crippen molar-refractivity contribution < 1.29 is 14.2 Å². The predicted octanol–water partition coefficient (Wildman–Crippen LogP) is 1.56. The molecular weight excluding hydrogens is 370 g/mol. The van der Waals surface area contributed by atoms with Crippen LogP contribution < -0.4 is 10.5 Å². The summed E-state index contributed by atoms with van der Waals surface area (Å²) < 4.78 is 16.4. The van der Waals surface area contributed by atoms with Crippen LogP contribution in [0.3, 0.4) is 0 Å². The zero-order chi connectivity index (χ0) is 20.6. The van der Waals surface area contributed by atoms with Crippen molar-refractivity contribution in [2.45, 2.75) is 44.1 Å². The van der Waals surface area contributed by atoms with E-state index in [-0.39, 0.29) is 24.7 Å². The molecule has 1 saturated heterocycles. The molecule has 0 aliphatic carbocycles. The van der Waals surface area contributed by atoms with E-state index in [0.29, 0.717) is 0 Å². The fraction of sp³-hybridized carbons (Fsp3) is 0.619. The van der Waals surface area contributed by atoms with Crippen molar-refractivity contribution in [3.63, 3.8) is 0 Å². The van der Waals surface area contributed by atoms with Crippen molar-refractivity contribution >= 4 is 5.96 Å². The molecule has 1 fully saturated rings. The number of nitriles is 1. The van der Waals surface area contributed by atoms with Crippen LogP contribution in [0.15, 0.2) is 29.3 Å². The Balaban J connectivity index is 1.48. The number of para-hydroxylation sites is 1. The van der Waals surface area contributed by atoms with Gasteiger partial charge in [-0.25, -0.2) is 9.89 Å². The lowest BCUT2D eigenvalue weighted by Crippen LogP contribution is -2.49. The number of aliphatic imine (C=N–C) groups is 1. The molecule has 8 heteroatoms. The summed E-state index contributed by atoms with van der Waals surface area (Å²) >= 11 is 0. The Labute approximate surface area is 172 Å². The molecule has 158 valence electrons. The van der Waals surface area contributed by atoms with Crippen LogP contribution >= 0.6 is 0 Å². The maximum atomic E-state index is 9.57. The molecular formula is C21H31N5O3. The SMILES string of the molecule is COC(CN=C(N)N(C#N)C1CCN(CC2CCc3ccccc3O2)CC1)OC. The van der Waals surface area contributed by atoms with E-state index in [2.05, 4.69) is 34.3 Å². The highest BCUT2D eigenvalue weighted by Gasteiger charge is 2.29. The number of nitrogens with two attached hydrogens (primary N) is 1. The van der Waals surface area contributed by atoms with Crippen LogP contribution in [-0.4, -0.2) is 74.6 Å². The Morgan fingerprint density at radius 1 is 1.31 bits per heavy atom. The van der Waals surface area contributed by atoms with Gasteiger partial charge in [-0.1, -0.05) is 18.2 Å². The van der Waals surface area contributed by atoms with Crippen molar-refractivity contribution in [1.82, 2.24) is 9.80 Å². The fourth-order valence-electron chi connectivity index (χ4n) is 3.97. The zero-order valence-electron chi connectivity index (χ0n) is 17.3. The molecule has 0 bridgehead atoms. The smallest absolute Gasteiger partial charge is 0.205 e. The summed E-state index contributed by atoms with van der Waals surface area (Å²) in [6.07, 6.45) is 5.79. The maximum Gasteiger partial charge on any atom is 0.205 e. The third-order valence-electron chi connectivity index (χ3n) is 5.67. The molecule has 2 aliphatic rings. The van der Waals surface area contributed by atoms with Gasteiger partial charge in [0.05, 0.1) is 6.54 Å². The first-order valence-corrected chi connectivity index (χ1v) is 10.2. The first kappa shape index (κ1) is 21.4. The Hall–Kier alpha value is -2.34. The second-order valence-electron chi connectivity index (χ2n) is 7.49. The van der Waals surface area contributed by atoms with Gasteiger partial charge in [0, 0.05) is 39.9 Å². The van der Waals surface area contributed by atoms with Crippen molar-refractivity contribution in [3.05, 3.63) is 29.8 Å². The molecule has 0 radical (unpaired) electrons. The van der Waals surface area contributed by atoms with E-state index >= 15 is 0 Å². The molecule has 3 rings (SSSR count). The predicted molar refractivity (Wildman–Crippen MR) is 110 cm³/mol. The molecule has 2 N–H and O–H groups in total. The number of guanidine groups is 1. The lowest BCUT2D eigenvalue weighted by molar-refractivity contribution is -0.0938. The highest BCUT2D eigenvalue weighted by Crippen LogP contribution is 2.28. The second-order valence-corrected chi connectivity index (χ2v) is 7.49. The number of aryl methyl sites for hydroxylation is 1. The summed E-state index contributed by atoms with van der Waals surface area (Å²) in [6, 6.07) is 8.35. The third kappa shape index (κ3) is 5.60. The molecule has 2 aliphatic heterocycles. The summed E-state index contributed by atoms with van der Waals surface area (Å²) in [5, 5.41) is 9.57. The van der Waals surface area contributed by atoms with Crippen LogP contribution in [0.5, 0.6) is 5.75 Å². The standard InChI is InChI=1S/C21H31N5O3/c1-27-20(28-2)13-24-21(23)26(15-22)17-9-11-25(12-10-17)14-18-8-7-16-5-3-4-6-19(16)29-18/h3-6,17-18,20H,7-14H2,1-2H3,(H2,23,24). The molecule has 1 aromatic carbocycles. The number of piperidine rings is 1. The lowest BCUT2D eigenvalue weighted by atomic mass is 10.00. The number of hydrogen-bond acceptors (Lipinski definition) is 6. The van der Waals surface area contributed by atoms with Gasteiger partial charge in [0.2, 0.25) is 5.96 Å². The normalized spacial score (nSPS) is 20.8. The summed E-state index contributed by atoms with van der Waals surface area (Å²) in [7, 11) is 3.10. The highest BCUT2D eigenvalue weighted by atomic mass is 16.7. The van der Waals surface area contributed by atoms with E-state index in [0.717, 1.165) is 51.1 Å². The highest BCUT2D eigenvalue weighted by molar-refractivity contribution is 5.80. The minimum atomic E-state index is -0.462. The van der Waals surface area contributed by atoms with E-state index in [1.807, 2.05) is 6.07 Å². The first-order valence-electron chi connectivity index (χ1n) is 10.2. The van der Waals surface area contributed by atoms with Crippen molar-refractivity contribution in [2.24, 2.45) is 10.7 Å². The molecule has 0 saturated carbocycles. The van der Waals surface area contributed by atoms with E-state index in [9.17, 15) is 5.26 Å². The van der Waals surface area contributed by atoms with Gasteiger partial charge in [0.1, 0.15) is 11.9 Å².